The molecule has 0 amide bonds. The molecular weight excluding hydrogens is 327 g/mol. The third-order valence-electron chi connectivity index (χ3n) is 6.87. The van der Waals surface area contributed by atoms with E-state index in [0.717, 1.165) is 0 Å². The first kappa shape index (κ1) is 15.2. The normalized spacial score (nSPS) is 13.8. The van der Waals surface area contributed by atoms with Gasteiger partial charge in [-0.15, -0.1) is 0 Å². The molecule has 0 bridgehead atoms. The molecule has 0 spiro atoms. The van der Waals surface area contributed by atoms with E-state index in [1.165, 1.54) is 61.0 Å². The van der Waals surface area contributed by atoms with Gasteiger partial charge in [0.2, 0.25) is 0 Å². The van der Waals surface area contributed by atoms with Crippen LogP contribution in [-0.4, -0.2) is 18.5 Å². The second kappa shape index (κ2) is 4.86. The van der Waals surface area contributed by atoms with Gasteiger partial charge in [-0.3, -0.25) is 0 Å². The van der Waals surface area contributed by atoms with Crippen LogP contribution in [0.5, 0.6) is 0 Å². The zero-order chi connectivity index (χ0) is 18.4. The van der Waals surface area contributed by atoms with Gasteiger partial charge >= 0.3 is 6.85 Å². The Hall–Kier alpha value is -2.94. The van der Waals surface area contributed by atoms with Crippen LogP contribution in [-0.2, 0) is 0 Å². The van der Waals surface area contributed by atoms with Gasteiger partial charge in [-0.1, -0.05) is 36.4 Å². The van der Waals surface area contributed by atoms with Crippen molar-refractivity contribution >= 4 is 34.4 Å². The molecule has 0 saturated heterocycles. The summed E-state index contributed by atoms with van der Waals surface area (Å²) in [4.78, 5) is 2.47. The molecule has 27 heavy (non-hydrogen) atoms. The lowest BCUT2D eigenvalue weighted by Crippen LogP contribution is -2.61. The van der Waals surface area contributed by atoms with Crippen molar-refractivity contribution in [3.63, 3.8) is 0 Å². The van der Waals surface area contributed by atoms with Crippen LogP contribution in [0.15, 0.2) is 54.7 Å². The van der Waals surface area contributed by atoms with Gasteiger partial charge in [0.15, 0.2) is 0 Å². The molecule has 0 unspecified atom stereocenters. The molecule has 0 fully saturated rings. The summed E-state index contributed by atoms with van der Waals surface area (Å²) < 4.78 is 2.43. The second-order valence-electron chi connectivity index (χ2n) is 8.01. The molecule has 130 valence electrons. The molecule has 2 nitrogen and oxygen atoms in total. The Bertz CT molecular complexity index is 1280. The molecule has 4 aromatic rings. The number of para-hydroxylation sites is 2. The summed E-state index contributed by atoms with van der Waals surface area (Å²) in [5.41, 5.74) is 14.0. The third-order valence-corrected chi connectivity index (χ3v) is 6.87. The first-order valence-electron chi connectivity index (χ1n) is 9.66. The topological polar surface area (TPSA) is 8.17 Å². The van der Waals surface area contributed by atoms with Crippen LogP contribution in [0.2, 0.25) is 0 Å². The summed E-state index contributed by atoms with van der Waals surface area (Å²) in [5.74, 6) is 0. The third kappa shape index (κ3) is 1.64. The maximum Gasteiger partial charge on any atom is 0.328 e. The highest BCUT2D eigenvalue weighted by Crippen LogP contribution is 2.41. The zero-order valence-corrected chi connectivity index (χ0v) is 16.2. The molecule has 3 heterocycles. The minimum Gasteiger partial charge on any atom is -0.409 e. The van der Waals surface area contributed by atoms with E-state index in [2.05, 4.69) is 91.9 Å². The lowest BCUT2D eigenvalue weighted by molar-refractivity contribution is 1.08. The summed E-state index contributed by atoms with van der Waals surface area (Å²) >= 11 is 0. The van der Waals surface area contributed by atoms with E-state index in [9.17, 15) is 0 Å². The van der Waals surface area contributed by atoms with Gasteiger partial charge in [0.05, 0.1) is 0 Å². The van der Waals surface area contributed by atoms with E-state index in [4.69, 9.17) is 0 Å². The standard InChI is InChI=1S/C24H21BN2/c1-14-15(2)21-18-9-5-6-11-20(18)26(4)25-19-10-7-8-17-12-13-27(24(17)19)23(16(14)3)22(21)25/h5-13H,1-4H3. The van der Waals surface area contributed by atoms with Gasteiger partial charge in [-0.05, 0) is 78.5 Å². The van der Waals surface area contributed by atoms with Crippen molar-refractivity contribution in [2.45, 2.75) is 20.8 Å². The Labute approximate surface area is 160 Å². The van der Waals surface area contributed by atoms with Crippen LogP contribution in [0, 0.1) is 20.8 Å². The molecule has 3 heteroatoms. The average molecular weight is 348 g/mol. The Morgan fingerprint density at radius 2 is 1.63 bits per heavy atom. The van der Waals surface area contributed by atoms with Crippen molar-refractivity contribution in [1.82, 2.24) is 4.57 Å². The highest BCUT2D eigenvalue weighted by molar-refractivity contribution is 6.92. The van der Waals surface area contributed by atoms with Crippen LogP contribution < -0.4 is 15.7 Å². The summed E-state index contributed by atoms with van der Waals surface area (Å²) in [6.07, 6.45) is 2.25. The van der Waals surface area contributed by atoms with Crippen LogP contribution >= 0.6 is 0 Å². The van der Waals surface area contributed by atoms with E-state index in [0.29, 0.717) is 0 Å². The summed E-state index contributed by atoms with van der Waals surface area (Å²) in [7, 11) is 2.25. The summed E-state index contributed by atoms with van der Waals surface area (Å²) in [5, 5.41) is 1.32. The molecule has 6 rings (SSSR count). The molecular formula is C24H21BN2. The van der Waals surface area contributed by atoms with Gasteiger partial charge < -0.3 is 9.38 Å². The molecule has 2 aliphatic rings. The molecule has 0 radical (unpaired) electrons. The molecule has 0 N–H and O–H groups in total. The number of rotatable bonds is 0. The number of nitrogens with zero attached hydrogens (tertiary/aromatic N) is 2. The quantitative estimate of drug-likeness (QED) is 0.435. The van der Waals surface area contributed by atoms with Crippen molar-refractivity contribution in [2.24, 2.45) is 0 Å². The van der Waals surface area contributed by atoms with Crippen LogP contribution in [0.25, 0.3) is 27.7 Å². The van der Waals surface area contributed by atoms with Crippen molar-refractivity contribution in [1.29, 1.82) is 0 Å². The van der Waals surface area contributed by atoms with Gasteiger partial charge in [0, 0.05) is 28.7 Å². The maximum atomic E-state index is 2.47. The van der Waals surface area contributed by atoms with Gasteiger partial charge in [0.25, 0.3) is 0 Å². The monoisotopic (exact) mass is 348 g/mol. The highest BCUT2D eigenvalue weighted by Gasteiger charge is 2.42. The largest absolute Gasteiger partial charge is 0.409 e. The lowest BCUT2D eigenvalue weighted by Gasteiger charge is -2.41. The number of anilines is 1. The molecule has 2 aliphatic heterocycles. The minimum absolute atomic E-state index is 0.258. The van der Waals surface area contributed by atoms with Gasteiger partial charge in [0.1, 0.15) is 0 Å². The molecule has 0 aliphatic carbocycles. The number of benzene rings is 3. The number of hydrogen-bond acceptors (Lipinski definition) is 1. The first-order chi connectivity index (χ1) is 13.1. The van der Waals surface area contributed by atoms with Crippen molar-refractivity contribution in [3.05, 3.63) is 71.4 Å². The molecule has 1 aromatic heterocycles. The summed E-state index contributed by atoms with van der Waals surface area (Å²) in [6, 6.07) is 17.9. The predicted octanol–water partition coefficient (Wildman–Crippen LogP) is 4.09. The van der Waals surface area contributed by atoms with E-state index in [1.54, 1.807) is 0 Å². The van der Waals surface area contributed by atoms with Crippen molar-refractivity contribution < 1.29 is 0 Å². The Morgan fingerprint density at radius 3 is 2.48 bits per heavy atom. The van der Waals surface area contributed by atoms with Gasteiger partial charge in [-0.25, -0.2) is 0 Å². The molecule has 0 atom stereocenters. The van der Waals surface area contributed by atoms with Crippen molar-refractivity contribution in [2.75, 3.05) is 11.9 Å². The fraction of sp³-hybridized carbons (Fsp3) is 0.167. The lowest BCUT2D eigenvalue weighted by atomic mass is 9.43. The van der Waals surface area contributed by atoms with Crippen LogP contribution in [0.4, 0.5) is 5.69 Å². The van der Waals surface area contributed by atoms with E-state index in [-0.39, 0.29) is 6.85 Å². The number of hydrogen-bond donors (Lipinski definition) is 0. The Morgan fingerprint density at radius 1 is 0.815 bits per heavy atom. The fourth-order valence-electron chi connectivity index (χ4n) is 5.41. The minimum atomic E-state index is 0.258. The Kier molecular flexibility index (Phi) is 2.73. The molecule has 0 saturated carbocycles. The summed E-state index contributed by atoms with van der Waals surface area (Å²) in [6.45, 7) is 7.12. The fourth-order valence-corrected chi connectivity index (χ4v) is 5.41. The smallest absolute Gasteiger partial charge is 0.328 e. The first-order valence-corrected chi connectivity index (χ1v) is 9.66. The number of aromatic nitrogens is 1. The van der Waals surface area contributed by atoms with E-state index < -0.39 is 0 Å². The zero-order valence-electron chi connectivity index (χ0n) is 16.2. The van der Waals surface area contributed by atoms with Crippen LogP contribution in [0.3, 0.4) is 0 Å². The SMILES string of the molecule is Cc1c(C)c2c3c(c1C)-n1ccc4cccc(c41)B3N(C)c1ccccc1-2. The predicted molar refractivity (Wildman–Crippen MR) is 116 cm³/mol. The second-order valence-corrected chi connectivity index (χ2v) is 8.01. The van der Waals surface area contributed by atoms with E-state index >= 15 is 0 Å². The number of fused-ring (bicyclic) bond motifs is 4. The van der Waals surface area contributed by atoms with Crippen LogP contribution in [0.1, 0.15) is 16.7 Å². The average Bonchev–Trinajstić information content (AvgIpc) is 3.11. The Balaban J connectivity index is 1.90. The van der Waals surface area contributed by atoms with Crippen molar-refractivity contribution in [3.8, 4) is 16.8 Å². The molecule has 3 aromatic carbocycles. The maximum absolute atomic E-state index is 2.47. The van der Waals surface area contributed by atoms with E-state index in [1.807, 2.05) is 0 Å². The van der Waals surface area contributed by atoms with Gasteiger partial charge in [-0.2, -0.15) is 0 Å². The highest BCUT2D eigenvalue weighted by atomic mass is 15.1.